The van der Waals surface area contributed by atoms with Crippen LogP contribution in [0, 0.1) is 0 Å². The summed E-state index contributed by atoms with van der Waals surface area (Å²) >= 11 is 0. The maximum Gasteiger partial charge on any atom is 0.474 e. The summed E-state index contributed by atoms with van der Waals surface area (Å²) in [5.41, 5.74) is 1.54. The first-order chi connectivity index (χ1) is 12.9. The molecule has 5 rings (SSSR count). The minimum Gasteiger partial charge on any atom is -0.421 e. The number of ether oxygens (including phenoxy) is 1. The zero-order valence-electron chi connectivity index (χ0n) is 14.1. The quantitative estimate of drug-likeness (QED) is 0.642. The summed E-state index contributed by atoms with van der Waals surface area (Å²) in [7, 11) is 0. The normalized spacial score (nSPS) is 21.4. The molecule has 3 heterocycles. The van der Waals surface area contributed by atoms with Gasteiger partial charge < -0.3 is 4.74 Å². The molecule has 0 saturated heterocycles. The predicted molar refractivity (Wildman–Crippen MR) is 93.3 cm³/mol. The molecule has 0 aliphatic carbocycles. The zero-order valence-corrected chi connectivity index (χ0v) is 14.1. The number of hydrogen-bond donors (Lipinski definition) is 0. The van der Waals surface area contributed by atoms with E-state index in [0.717, 1.165) is 9.58 Å². The number of para-hydroxylation sites is 2. The van der Waals surface area contributed by atoms with Crippen molar-refractivity contribution in [2.24, 2.45) is 5.10 Å². The average Bonchev–Trinajstić information content (AvgIpc) is 3.21. The van der Waals surface area contributed by atoms with Crippen molar-refractivity contribution >= 4 is 23.0 Å². The van der Waals surface area contributed by atoms with Gasteiger partial charge in [0.25, 0.3) is 0 Å². The highest BCUT2D eigenvalue weighted by molar-refractivity contribution is 5.95. The Morgan fingerprint density at radius 1 is 1.00 bits per heavy atom. The lowest BCUT2D eigenvalue weighted by molar-refractivity contribution is -0.333. The van der Waals surface area contributed by atoms with Gasteiger partial charge in [0.15, 0.2) is 0 Å². The molecule has 0 saturated carbocycles. The van der Waals surface area contributed by atoms with Crippen LogP contribution in [-0.4, -0.2) is 26.6 Å². The molecule has 1 atom stereocenters. The van der Waals surface area contributed by atoms with Gasteiger partial charge in [-0.15, -0.1) is 5.10 Å². The number of nitrogens with zero attached hydrogens (tertiary/aromatic N) is 4. The van der Waals surface area contributed by atoms with Crippen molar-refractivity contribution in [3.8, 4) is 0 Å². The van der Waals surface area contributed by atoms with Gasteiger partial charge in [0.05, 0.1) is 11.0 Å². The largest absolute Gasteiger partial charge is 0.474 e. The number of allylic oxidation sites excluding steroid dienone is 1. The van der Waals surface area contributed by atoms with E-state index in [2.05, 4.69) is 10.1 Å². The van der Waals surface area contributed by atoms with Crippen LogP contribution >= 0.6 is 0 Å². The van der Waals surface area contributed by atoms with E-state index in [1.807, 2.05) is 0 Å². The average molecular weight is 370 g/mol. The Bertz CT molecular complexity index is 1120. The zero-order chi connectivity index (χ0) is 18.8. The monoisotopic (exact) mass is 370 g/mol. The molecule has 2 aliphatic rings. The number of hydrazone groups is 1. The van der Waals surface area contributed by atoms with E-state index in [9.17, 15) is 13.2 Å². The summed E-state index contributed by atoms with van der Waals surface area (Å²) in [6, 6.07) is 15.2. The number of alkyl halides is 3. The van der Waals surface area contributed by atoms with Crippen LogP contribution in [0.4, 0.5) is 13.2 Å². The van der Waals surface area contributed by atoms with Crippen molar-refractivity contribution in [3.63, 3.8) is 0 Å². The second-order valence-electron chi connectivity index (χ2n) is 6.37. The number of aromatic nitrogens is 2. The van der Waals surface area contributed by atoms with Crippen molar-refractivity contribution in [1.29, 1.82) is 0 Å². The van der Waals surface area contributed by atoms with E-state index < -0.39 is 12.0 Å². The second kappa shape index (κ2) is 5.12. The summed E-state index contributed by atoms with van der Waals surface area (Å²) in [5.74, 6) is -2.74. The molecule has 0 fully saturated rings. The van der Waals surface area contributed by atoms with Crippen molar-refractivity contribution in [2.45, 2.75) is 18.9 Å². The molecule has 0 spiro atoms. The molecule has 27 heavy (non-hydrogen) atoms. The first-order valence-electron chi connectivity index (χ1n) is 8.28. The third kappa shape index (κ3) is 2.00. The van der Waals surface area contributed by atoms with E-state index >= 15 is 0 Å². The van der Waals surface area contributed by atoms with Crippen LogP contribution in [0.1, 0.15) is 18.3 Å². The van der Waals surface area contributed by atoms with Crippen LogP contribution in [0.3, 0.4) is 0 Å². The minimum atomic E-state index is -4.78. The molecule has 2 aliphatic heterocycles. The van der Waals surface area contributed by atoms with Gasteiger partial charge in [-0.3, -0.25) is 4.57 Å². The molecule has 1 unspecified atom stereocenters. The highest BCUT2D eigenvalue weighted by Crippen LogP contribution is 2.51. The third-order valence-electron chi connectivity index (χ3n) is 4.67. The molecular formula is C19H13F3N4O. The smallest absolute Gasteiger partial charge is 0.421 e. The van der Waals surface area contributed by atoms with Crippen LogP contribution < -0.4 is 0 Å². The molecule has 0 bridgehead atoms. The van der Waals surface area contributed by atoms with Gasteiger partial charge in [-0.25, -0.2) is 4.98 Å². The molecule has 0 N–H and O–H groups in total. The van der Waals surface area contributed by atoms with Crippen LogP contribution in [0.25, 0.3) is 17.1 Å². The Labute approximate surface area is 152 Å². The van der Waals surface area contributed by atoms with Crippen LogP contribution in [0.15, 0.2) is 65.4 Å². The first-order valence-corrected chi connectivity index (χ1v) is 8.28. The minimum absolute atomic E-state index is 0.0914. The van der Waals surface area contributed by atoms with E-state index in [0.29, 0.717) is 22.3 Å². The Kier molecular flexibility index (Phi) is 3.02. The van der Waals surface area contributed by atoms with Gasteiger partial charge in [0.1, 0.15) is 5.82 Å². The Hall–Kier alpha value is -3.29. The van der Waals surface area contributed by atoms with Gasteiger partial charge in [0.2, 0.25) is 5.90 Å². The highest BCUT2D eigenvalue weighted by atomic mass is 19.4. The van der Waals surface area contributed by atoms with Gasteiger partial charge in [-0.2, -0.15) is 18.2 Å². The maximum atomic E-state index is 14.5. The SMILES string of the molecule is CC1=Cc2nc3ccccc3n2C2(C(F)(F)F)OC(c3ccccc3)=NN12. The summed E-state index contributed by atoms with van der Waals surface area (Å²) in [6.45, 7) is 1.56. The molecule has 2 aromatic carbocycles. The number of imidazole rings is 1. The lowest BCUT2D eigenvalue weighted by Gasteiger charge is -2.41. The topological polar surface area (TPSA) is 42.6 Å². The van der Waals surface area contributed by atoms with Gasteiger partial charge in [0, 0.05) is 17.3 Å². The van der Waals surface area contributed by atoms with Gasteiger partial charge in [-0.05, 0) is 31.2 Å². The van der Waals surface area contributed by atoms with Crippen LogP contribution in [0.2, 0.25) is 0 Å². The fraction of sp³-hybridized carbons (Fsp3) is 0.158. The fourth-order valence-electron chi connectivity index (χ4n) is 3.53. The van der Waals surface area contributed by atoms with Crippen LogP contribution in [0.5, 0.6) is 0 Å². The Balaban J connectivity index is 1.80. The van der Waals surface area contributed by atoms with Crippen molar-refractivity contribution in [2.75, 3.05) is 0 Å². The molecule has 0 radical (unpaired) electrons. The maximum absolute atomic E-state index is 14.5. The highest BCUT2D eigenvalue weighted by Gasteiger charge is 2.69. The van der Waals surface area contributed by atoms with Crippen molar-refractivity contribution in [1.82, 2.24) is 14.6 Å². The summed E-state index contributed by atoms with van der Waals surface area (Å²) in [4.78, 5) is 4.35. The number of halogens is 3. The fourth-order valence-corrected chi connectivity index (χ4v) is 3.53. The summed E-state index contributed by atoms with van der Waals surface area (Å²) < 4.78 is 50.2. The lowest BCUT2D eigenvalue weighted by Crippen LogP contribution is -2.58. The molecule has 5 nitrogen and oxygen atoms in total. The summed E-state index contributed by atoms with van der Waals surface area (Å²) in [6.07, 6.45) is -3.20. The standard InChI is InChI=1S/C19H13F3N4O/c1-12-11-16-23-14-9-5-6-10-15(14)25(16)19(18(20,21)22)26(12)24-17(27-19)13-7-3-2-4-8-13/h2-11H,1H3. The van der Waals surface area contributed by atoms with Crippen LogP contribution in [-0.2, 0) is 10.6 Å². The van der Waals surface area contributed by atoms with Gasteiger partial charge in [-0.1, -0.05) is 30.3 Å². The van der Waals surface area contributed by atoms with E-state index in [4.69, 9.17) is 4.74 Å². The number of hydrogen-bond acceptors (Lipinski definition) is 4. The molecule has 8 heteroatoms. The molecule has 0 amide bonds. The summed E-state index contributed by atoms with van der Waals surface area (Å²) in [5, 5.41) is 5.06. The van der Waals surface area contributed by atoms with E-state index in [1.54, 1.807) is 67.6 Å². The number of rotatable bonds is 1. The Morgan fingerprint density at radius 2 is 1.70 bits per heavy atom. The third-order valence-corrected chi connectivity index (χ3v) is 4.67. The lowest BCUT2D eigenvalue weighted by atomic mass is 10.2. The molecular weight excluding hydrogens is 357 g/mol. The molecule has 3 aromatic rings. The number of benzene rings is 2. The Morgan fingerprint density at radius 3 is 2.44 bits per heavy atom. The molecule has 136 valence electrons. The molecule has 1 aromatic heterocycles. The van der Waals surface area contributed by atoms with Gasteiger partial charge >= 0.3 is 12.0 Å². The predicted octanol–water partition coefficient (Wildman–Crippen LogP) is 4.28. The van der Waals surface area contributed by atoms with Crippen molar-refractivity contribution in [3.05, 3.63) is 71.7 Å². The first kappa shape index (κ1) is 15.9. The van der Waals surface area contributed by atoms with E-state index in [1.165, 1.54) is 0 Å². The second-order valence-corrected chi connectivity index (χ2v) is 6.37. The van der Waals surface area contributed by atoms with Crippen molar-refractivity contribution < 1.29 is 17.9 Å². The number of fused-ring (bicyclic) bond motifs is 5. The van der Waals surface area contributed by atoms with E-state index in [-0.39, 0.29) is 11.7 Å².